The van der Waals surface area contributed by atoms with E-state index in [0.29, 0.717) is 0 Å². The highest BCUT2D eigenvalue weighted by molar-refractivity contribution is 7.97. The van der Waals surface area contributed by atoms with Gasteiger partial charge in [0.15, 0.2) is 5.16 Å². The molecule has 14 heavy (non-hydrogen) atoms. The lowest BCUT2D eigenvalue weighted by Gasteiger charge is -2.14. The van der Waals surface area contributed by atoms with Gasteiger partial charge in [0.05, 0.1) is 11.0 Å². The fourth-order valence-corrected chi connectivity index (χ4v) is 2.57. The van der Waals surface area contributed by atoms with Crippen LogP contribution < -0.4 is 4.72 Å². The summed E-state index contributed by atoms with van der Waals surface area (Å²) in [5, 5.41) is 1.79. The van der Waals surface area contributed by atoms with Crippen LogP contribution in [0.1, 0.15) is 0 Å². The van der Waals surface area contributed by atoms with Gasteiger partial charge < -0.3 is 4.57 Å². The van der Waals surface area contributed by atoms with Gasteiger partial charge in [0, 0.05) is 18.1 Å². The summed E-state index contributed by atoms with van der Waals surface area (Å²) in [4.78, 5) is 4.50. The van der Waals surface area contributed by atoms with Gasteiger partial charge in [-0.3, -0.25) is 4.72 Å². The molecule has 72 valence electrons. The number of halogens is 1. The SMILES string of the molecule is Clc1ccc2nc3n(c2c1)CCNS3. The molecular weight excluding hydrogens is 218 g/mol. The molecule has 5 heteroatoms. The number of nitrogens with zero attached hydrogens (tertiary/aromatic N) is 2. The predicted octanol–water partition coefficient (Wildman–Crippen LogP) is 2.30. The molecule has 0 amide bonds. The lowest BCUT2D eigenvalue weighted by atomic mass is 10.3. The van der Waals surface area contributed by atoms with Crippen molar-refractivity contribution >= 4 is 34.6 Å². The van der Waals surface area contributed by atoms with E-state index in [4.69, 9.17) is 11.6 Å². The number of hydrogen-bond donors (Lipinski definition) is 1. The number of imidazole rings is 1. The maximum atomic E-state index is 5.95. The first-order valence-electron chi connectivity index (χ1n) is 4.40. The number of fused-ring (bicyclic) bond motifs is 3. The van der Waals surface area contributed by atoms with E-state index in [-0.39, 0.29) is 0 Å². The van der Waals surface area contributed by atoms with Crippen molar-refractivity contribution in [2.45, 2.75) is 11.7 Å². The summed E-state index contributed by atoms with van der Waals surface area (Å²) >= 11 is 7.53. The van der Waals surface area contributed by atoms with Crippen LogP contribution in [-0.2, 0) is 6.54 Å². The first kappa shape index (κ1) is 8.59. The number of hydrogen-bond acceptors (Lipinski definition) is 3. The van der Waals surface area contributed by atoms with Gasteiger partial charge in [-0.05, 0) is 30.1 Å². The molecule has 0 saturated carbocycles. The topological polar surface area (TPSA) is 29.9 Å². The molecule has 0 atom stereocenters. The van der Waals surface area contributed by atoms with Crippen molar-refractivity contribution in [2.24, 2.45) is 0 Å². The van der Waals surface area contributed by atoms with Crippen LogP contribution in [0.25, 0.3) is 11.0 Å². The Balaban J connectivity index is 2.32. The van der Waals surface area contributed by atoms with Crippen LogP contribution in [-0.4, -0.2) is 16.1 Å². The van der Waals surface area contributed by atoms with E-state index in [9.17, 15) is 0 Å². The zero-order valence-electron chi connectivity index (χ0n) is 7.33. The average Bonchev–Trinajstić information content (AvgIpc) is 2.56. The van der Waals surface area contributed by atoms with Crippen LogP contribution in [0.4, 0.5) is 0 Å². The normalized spacial score (nSPS) is 15.8. The van der Waals surface area contributed by atoms with Crippen molar-refractivity contribution in [3.63, 3.8) is 0 Å². The molecule has 0 bridgehead atoms. The van der Waals surface area contributed by atoms with Gasteiger partial charge in [-0.25, -0.2) is 4.98 Å². The van der Waals surface area contributed by atoms with Crippen molar-refractivity contribution in [3.05, 3.63) is 23.2 Å². The second-order valence-electron chi connectivity index (χ2n) is 3.18. The van der Waals surface area contributed by atoms with Gasteiger partial charge in [0.25, 0.3) is 0 Å². The maximum absolute atomic E-state index is 5.95. The first-order valence-corrected chi connectivity index (χ1v) is 5.59. The van der Waals surface area contributed by atoms with Gasteiger partial charge in [0.1, 0.15) is 0 Å². The molecule has 3 nitrogen and oxygen atoms in total. The highest BCUT2D eigenvalue weighted by Gasteiger charge is 2.14. The fourth-order valence-electron chi connectivity index (χ4n) is 1.64. The summed E-state index contributed by atoms with van der Waals surface area (Å²) in [6.07, 6.45) is 0. The van der Waals surface area contributed by atoms with Gasteiger partial charge >= 0.3 is 0 Å². The molecule has 0 fully saturated rings. The summed E-state index contributed by atoms with van der Waals surface area (Å²) in [5.74, 6) is 0. The van der Waals surface area contributed by atoms with E-state index in [0.717, 1.165) is 34.3 Å². The van der Waals surface area contributed by atoms with E-state index in [1.165, 1.54) is 0 Å². The molecule has 0 unspecified atom stereocenters. The molecule has 2 aromatic rings. The Morgan fingerprint density at radius 3 is 3.36 bits per heavy atom. The van der Waals surface area contributed by atoms with Crippen LogP contribution in [0.3, 0.4) is 0 Å². The Labute approximate surface area is 90.6 Å². The molecule has 0 spiro atoms. The van der Waals surface area contributed by atoms with Crippen LogP contribution in [0.5, 0.6) is 0 Å². The molecule has 1 N–H and O–H groups in total. The zero-order chi connectivity index (χ0) is 9.54. The Bertz CT molecular complexity index is 494. The number of aromatic nitrogens is 2. The standard InChI is InChI=1S/C9H8ClN3S/c10-6-1-2-7-8(5-6)13-4-3-11-14-9(13)12-7/h1-2,5,11H,3-4H2. The minimum Gasteiger partial charge on any atom is -0.317 e. The third kappa shape index (κ3) is 1.22. The number of benzene rings is 1. The molecule has 2 heterocycles. The molecule has 0 saturated heterocycles. The van der Waals surface area contributed by atoms with Gasteiger partial charge in [0.2, 0.25) is 0 Å². The Kier molecular flexibility index (Phi) is 1.93. The van der Waals surface area contributed by atoms with E-state index in [1.54, 1.807) is 11.9 Å². The number of rotatable bonds is 0. The second-order valence-corrected chi connectivity index (χ2v) is 4.47. The van der Waals surface area contributed by atoms with Crippen LogP contribution in [0.15, 0.2) is 23.4 Å². The van der Waals surface area contributed by atoms with Crippen molar-refractivity contribution in [2.75, 3.05) is 6.54 Å². The molecule has 1 aromatic carbocycles. The Morgan fingerprint density at radius 1 is 1.50 bits per heavy atom. The Morgan fingerprint density at radius 2 is 2.43 bits per heavy atom. The van der Waals surface area contributed by atoms with Crippen molar-refractivity contribution in [3.8, 4) is 0 Å². The third-order valence-electron chi connectivity index (χ3n) is 2.28. The van der Waals surface area contributed by atoms with Crippen molar-refractivity contribution < 1.29 is 0 Å². The van der Waals surface area contributed by atoms with Gasteiger partial charge in [-0.2, -0.15) is 0 Å². The molecule has 1 aliphatic rings. The van der Waals surface area contributed by atoms with E-state index in [2.05, 4.69) is 14.3 Å². The largest absolute Gasteiger partial charge is 0.317 e. The Hall–Kier alpha value is -0.710. The summed E-state index contributed by atoms with van der Waals surface area (Å²) in [6, 6.07) is 5.81. The molecule has 1 aromatic heterocycles. The maximum Gasteiger partial charge on any atom is 0.184 e. The van der Waals surface area contributed by atoms with Gasteiger partial charge in [-0.1, -0.05) is 11.6 Å². The minimum absolute atomic E-state index is 0.767. The predicted molar refractivity (Wildman–Crippen MR) is 58.6 cm³/mol. The highest BCUT2D eigenvalue weighted by Crippen LogP contribution is 2.26. The summed E-state index contributed by atoms with van der Waals surface area (Å²) in [7, 11) is 0. The number of nitrogens with one attached hydrogen (secondary N) is 1. The fraction of sp³-hybridized carbons (Fsp3) is 0.222. The average molecular weight is 226 g/mol. The zero-order valence-corrected chi connectivity index (χ0v) is 8.90. The third-order valence-corrected chi connectivity index (χ3v) is 3.35. The quantitative estimate of drug-likeness (QED) is 0.698. The summed E-state index contributed by atoms with van der Waals surface area (Å²) < 4.78 is 5.41. The molecular formula is C9H8ClN3S. The molecule has 3 rings (SSSR count). The van der Waals surface area contributed by atoms with Crippen LogP contribution in [0, 0.1) is 0 Å². The van der Waals surface area contributed by atoms with Crippen LogP contribution >= 0.6 is 23.5 Å². The van der Waals surface area contributed by atoms with Crippen LogP contribution in [0.2, 0.25) is 5.02 Å². The van der Waals surface area contributed by atoms with Gasteiger partial charge in [-0.15, -0.1) is 0 Å². The second kappa shape index (κ2) is 3.15. The first-order chi connectivity index (χ1) is 6.84. The molecule has 0 radical (unpaired) electrons. The highest BCUT2D eigenvalue weighted by atomic mass is 35.5. The van der Waals surface area contributed by atoms with E-state index >= 15 is 0 Å². The van der Waals surface area contributed by atoms with Crippen molar-refractivity contribution in [1.29, 1.82) is 0 Å². The lowest BCUT2D eigenvalue weighted by Crippen LogP contribution is -2.20. The van der Waals surface area contributed by atoms with E-state index in [1.807, 2.05) is 18.2 Å². The monoisotopic (exact) mass is 225 g/mol. The van der Waals surface area contributed by atoms with E-state index < -0.39 is 0 Å². The van der Waals surface area contributed by atoms with Crippen molar-refractivity contribution in [1.82, 2.24) is 14.3 Å². The lowest BCUT2D eigenvalue weighted by molar-refractivity contribution is 0.622. The minimum atomic E-state index is 0.767. The molecule has 0 aliphatic carbocycles. The smallest absolute Gasteiger partial charge is 0.184 e. The molecule has 1 aliphatic heterocycles. The summed E-state index contributed by atoms with van der Waals surface area (Å²) in [6.45, 7) is 1.93. The summed E-state index contributed by atoms with van der Waals surface area (Å²) in [5.41, 5.74) is 2.14.